The van der Waals surface area contributed by atoms with Crippen LogP contribution >= 0.6 is 15.9 Å². The van der Waals surface area contributed by atoms with Crippen LogP contribution < -0.4 is 4.74 Å². The highest BCUT2D eigenvalue weighted by Crippen LogP contribution is 2.26. The smallest absolute Gasteiger partial charge is 0.355 e. The van der Waals surface area contributed by atoms with Gasteiger partial charge >= 0.3 is 5.97 Å². The topological polar surface area (TPSA) is 68.4 Å². The van der Waals surface area contributed by atoms with E-state index >= 15 is 0 Å². The third-order valence-electron chi connectivity index (χ3n) is 3.58. The van der Waals surface area contributed by atoms with Crippen molar-refractivity contribution in [3.8, 4) is 5.75 Å². The minimum Gasteiger partial charge on any atom is -0.496 e. The highest BCUT2D eigenvalue weighted by atomic mass is 79.9. The van der Waals surface area contributed by atoms with Crippen LogP contribution in [0.15, 0.2) is 22.7 Å². The van der Waals surface area contributed by atoms with Crippen LogP contribution in [-0.4, -0.2) is 23.8 Å². The number of aryl methyl sites for hydroxylation is 1. The minimum atomic E-state index is -0.481. The van der Waals surface area contributed by atoms with E-state index in [4.69, 9.17) is 9.47 Å². The van der Waals surface area contributed by atoms with Crippen LogP contribution in [0.5, 0.6) is 5.75 Å². The van der Waals surface area contributed by atoms with E-state index in [2.05, 4.69) is 20.9 Å². The summed E-state index contributed by atoms with van der Waals surface area (Å²) in [5.41, 5.74) is 2.99. The van der Waals surface area contributed by atoms with Gasteiger partial charge in [0.15, 0.2) is 5.78 Å². The lowest BCUT2D eigenvalue weighted by atomic mass is 10.1. The van der Waals surface area contributed by atoms with Crippen LogP contribution in [0.25, 0.3) is 0 Å². The Morgan fingerprint density at radius 2 is 1.96 bits per heavy atom. The van der Waals surface area contributed by atoms with Crippen LogP contribution in [0.2, 0.25) is 0 Å². The van der Waals surface area contributed by atoms with E-state index < -0.39 is 5.97 Å². The zero-order chi connectivity index (χ0) is 17.1. The van der Waals surface area contributed by atoms with Gasteiger partial charge in [0.2, 0.25) is 0 Å². The number of ether oxygens (including phenoxy) is 2. The zero-order valence-electron chi connectivity index (χ0n) is 13.5. The molecule has 0 unspecified atom stereocenters. The van der Waals surface area contributed by atoms with E-state index in [1.807, 2.05) is 12.1 Å². The molecule has 1 heterocycles. The number of H-pyrrole nitrogens is 1. The van der Waals surface area contributed by atoms with Gasteiger partial charge in [-0.1, -0.05) is 6.07 Å². The van der Waals surface area contributed by atoms with Crippen molar-refractivity contribution in [3.05, 3.63) is 50.8 Å². The van der Waals surface area contributed by atoms with Crippen molar-refractivity contribution in [1.29, 1.82) is 0 Å². The van der Waals surface area contributed by atoms with E-state index in [1.54, 1.807) is 27.0 Å². The molecule has 0 amide bonds. The predicted molar refractivity (Wildman–Crippen MR) is 90.1 cm³/mol. The summed E-state index contributed by atoms with van der Waals surface area (Å²) in [5.74, 6) is 0.154. The van der Waals surface area contributed by atoms with E-state index in [1.165, 1.54) is 6.92 Å². The van der Waals surface area contributed by atoms with Gasteiger partial charge in [-0.05, 0) is 60.0 Å². The number of ketones is 1. The molecule has 0 saturated heterocycles. The largest absolute Gasteiger partial charge is 0.496 e. The molecule has 0 saturated carbocycles. The van der Waals surface area contributed by atoms with Gasteiger partial charge in [0.25, 0.3) is 0 Å². The van der Waals surface area contributed by atoms with Crippen LogP contribution in [0, 0.1) is 13.8 Å². The van der Waals surface area contributed by atoms with Crippen molar-refractivity contribution in [2.24, 2.45) is 0 Å². The standard InChI is InChI=1S/C17H18BrNO4/c1-9-15(11(3)20)10(2)19-16(9)17(21)23-8-12-5-6-14(22-4)13(18)7-12/h5-7,19H,8H2,1-4H3. The van der Waals surface area contributed by atoms with Crippen LogP contribution in [-0.2, 0) is 11.3 Å². The molecule has 0 bridgehead atoms. The Balaban J connectivity index is 2.13. The lowest BCUT2D eigenvalue weighted by molar-refractivity contribution is 0.0465. The van der Waals surface area contributed by atoms with Crippen molar-refractivity contribution < 1.29 is 19.1 Å². The van der Waals surface area contributed by atoms with E-state index in [9.17, 15) is 9.59 Å². The molecule has 5 nitrogen and oxygen atoms in total. The number of halogens is 1. The molecule has 6 heteroatoms. The Morgan fingerprint density at radius 3 is 2.48 bits per heavy atom. The molecule has 0 aliphatic rings. The molecule has 0 fully saturated rings. The normalized spacial score (nSPS) is 10.5. The summed E-state index contributed by atoms with van der Waals surface area (Å²) in [7, 11) is 1.59. The summed E-state index contributed by atoms with van der Waals surface area (Å²) in [6.07, 6.45) is 0. The number of hydrogen-bond donors (Lipinski definition) is 1. The highest BCUT2D eigenvalue weighted by Gasteiger charge is 2.20. The number of carbonyl (C=O) groups excluding carboxylic acids is 2. The monoisotopic (exact) mass is 379 g/mol. The van der Waals surface area contributed by atoms with E-state index in [0.717, 1.165) is 10.0 Å². The van der Waals surface area contributed by atoms with Gasteiger partial charge in [0.1, 0.15) is 18.1 Å². The van der Waals surface area contributed by atoms with E-state index in [0.29, 0.717) is 28.3 Å². The summed E-state index contributed by atoms with van der Waals surface area (Å²) in [4.78, 5) is 26.8. The van der Waals surface area contributed by atoms with Gasteiger partial charge in [0.05, 0.1) is 11.6 Å². The molecule has 0 radical (unpaired) electrons. The van der Waals surface area contributed by atoms with Crippen molar-refractivity contribution in [2.75, 3.05) is 7.11 Å². The Morgan fingerprint density at radius 1 is 1.26 bits per heavy atom. The Labute approximate surface area is 143 Å². The number of nitrogens with one attached hydrogen (secondary N) is 1. The number of rotatable bonds is 5. The fourth-order valence-corrected chi connectivity index (χ4v) is 3.09. The predicted octanol–water partition coefficient (Wildman–Crippen LogP) is 3.96. The Hall–Kier alpha value is -2.08. The number of aromatic nitrogens is 1. The molecular formula is C17H18BrNO4. The second-order valence-corrected chi connectivity index (χ2v) is 6.08. The molecule has 0 aliphatic carbocycles. The van der Waals surface area contributed by atoms with Gasteiger partial charge in [-0.15, -0.1) is 0 Å². The molecule has 1 aromatic heterocycles. The molecular weight excluding hydrogens is 362 g/mol. The number of aromatic amines is 1. The van der Waals surface area contributed by atoms with Crippen LogP contribution in [0.3, 0.4) is 0 Å². The maximum Gasteiger partial charge on any atom is 0.355 e. The fraction of sp³-hybridized carbons (Fsp3) is 0.294. The quantitative estimate of drug-likeness (QED) is 0.630. The first kappa shape index (κ1) is 17.3. The maximum atomic E-state index is 12.2. The van der Waals surface area contributed by atoms with Gasteiger partial charge in [-0.25, -0.2) is 4.79 Å². The lowest BCUT2D eigenvalue weighted by Crippen LogP contribution is -2.08. The van der Waals surface area contributed by atoms with Gasteiger partial charge in [0, 0.05) is 11.3 Å². The number of hydrogen-bond acceptors (Lipinski definition) is 4. The second-order valence-electron chi connectivity index (χ2n) is 5.23. The Kier molecular flexibility index (Phi) is 5.26. The summed E-state index contributed by atoms with van der Waals surface area (Å²) in [6.45, 7) is 5.11. The second kappa shape index (κ2) is 7.00. The molecule has 1 aromatic carbocycles. The molecule has 122 valence electrons. The molecule has 0 aliphatic heterocycles. The fourth-order valence-electron chi connectivity index (χ4n) is 2.50. The van der Waals surface area contributed by atoms with Crippen molar-refractivity contribution in [2.45, 2.75) is 27.4 Å². The number of benzene rings is 1. The first-order chi connectivity index (χ1) is 10.8. The molecule has 23 heavy (non-hydrogen) atoms. The number of esters is 1. The zero-order valence-corrected chi connectivity index (χ0v) is 15.0. The summed E-state index contributed by atoms with van der Waals surface area (Å²) >= 11 is 3.39. The first-order valence-corrected chi connectivity index (χ1v) is 7.84. The summed E-state index contributed by atoms with van der Waals surface area (Å²) in [5, 5.41) is 0. The van der Waals surface area contributed by atoms with Crippen molar-refractivity contribution in [3.63, 3.8) is 0 Å². The first-order valence-electron chi connectivity index (χ1n) is 7.04. The van der Waals surface area contributed by atoms with E-state index in [-0.39, 0.29) is 12.4 Å². The van der Waals surface area contributed by atoms with Crippen molar-refractivity contribution >= 4 is 27.7 Å². The SMILES string of the molecule is COc1ccc(COC(=O)c2[nH]c(C)c(C(C)=O)c2C)cc1Br. The summed E-state index contributed by atoms with van der Waals surface area (Å²) < 4.78 is 11.3. The highest BCUT2D eigenvalue weighted by molar-refractivity contribution is 9.10. The molecule has 1 N–H and O–H groups in total. The average molecular weight is 380 g/mol. The van der Waals surface area contributed by atoms with Crippen LogP contribution in [0.4, 0.5) is 0 Å². The van der Waals surface area contributed by atoms with Gasteiger partial charge in [-0.2, -0.15) is 0 Å². The molecule has 2 aromatic rings. The van der Waals surface area contributed by atoms with Crippen LogP contribution in [0.1, 0.15) is 44.6 Å². The number of carbonyl (C=O) groups is 2. The summed E-state index contributed by atoms with van der Waals surface area (Å²) in [6, 6.07) is 5.45. The third-order valence-corrected chi connectivity index (χ3v) is 4.20. The maximum absolute atomic E-state index is 12.2. The molecule has 0 spiro atoms. The lowest BCUT2D eigenvalue weighted by Gasteiger charge is -2.07. The number of methoxy groups -OCH3 is 1. The van der Waals surface area contributed by atoms with Gasteiger partial charge in [-0.3, -0.25) is 4.79 Å². The van der Waals surface area contributed by atoms with Gasteiger partial charge < -0.3 is 14.5 Å². The van der Waals surface area contributed by atoms with Crippen molar-refractivity contribution in [1.82, 2.24) is 4.98 Å². The average Bonchev–Trinajstić information content (AvgIpc) is 2.80. The third kappa shape index (κ3) is 3.64. The Bertz CT molecular complexity index is 764. The molecule has 0 atom stereocenters. The molecule has 2 rings (SSSR count). The number of Topliss-reactive ketones (excluding diaryl/α,β-unsaturated/α-hetero) is 1. The minimum absolute atomic E-state index is 0.0746.